The number of carbonyl (C=O) groups excluding carboxylic acids is 4. The molecule has 0 saturated carbocycles. The van der Waals surface area contributed by atoms with Crippen LogP contribution in [0.1, 0.15) is 19.4 Å². The van der Waals surface area contributed by atoms with E-state index in [1.807, 2.05) is 18.2 Å². The molecule has 0 aromatic heterocycles. The number of hydrogen-bond donors (Lipinski definition) is 2. The van der Waals surface area contributed by atoms with Crippen molar-refractivity contribution >= 4 is 30.1 Å². The molecule has 0 spiro atoms. The topological polar surface area (TPSA) is 95.6 Å². The number of hydrazine groups is 1. The van der Waals surface area contributed by atoms with Crippen molar-refractivity contribution in [3.8, 4) is 0 Å². The largest absolute Gasteiger partial charge is 0.345 e. The Hall–Kier alpha value is -2.96. The summed E-state index contributed by atoms with van der Waals surface area (Å²) in [6.07, 6.45) is 4.34. The normalized spacial score (nSPS) is 11.6. The number of nitrogens with zero attached hydrogens (tertiary/aromatic N) is 1. The smallest absolute Gasteiger partial charge is 0.265 e. The van der Waals surface area contributed by atoms with Gasteiger partial charge in [-0.3, -0.25) is 24.6 Å². The number of nitrogens with one attached hydrogen (secondary N) is 2. The van der Waals surface area contributed by atoms with Crippen LogP contribution in [0.5, 0.6) is 0 Å². The fourth-order valence-corrected chi connectivity index (χ4v) is 1.66. The summed E-state index contributed by atoms with van der Waals surface area (Å²) in [4.78, 5) is 45.4. The molecule has 0 heterocycles. The first-order chi connectivity index (χ1) is 10.9. The monoisotopic (exact) mass is 316 g/mol. The van der Waals surface area contributed by atoms with Gasteiger partial charge in [0.1, 0.15) is 12.6 Å². The van der Waals surface area contributed by atoms with Crippen molar-refractivity contribution in [2.24, 2.45) is 0 Å². The molecule has 1 aromatic rings. The molecule has 0 saturated heterocycles. The molecule has 23 heavy (non-hydrogen) atoms. The van der Waals surface area contributed by atoms with Crippen LogP contribution in [0.15, 0.2) is 36.4 Å². The van der Waals surface area contributed by atoms with Gasteiger partial charge in [0.2, 0.25) is 12.2 Å². The first-order valence-electron chi connectivity index (χ1n) is 6.91. The predicted molar refractivity (Wildman–Crippen MR) is 84.3 cm³/mol. The van der Waals surface area contributed by atoms with Gasteiger partial charge in [0, 0.05) is 13.0 Å². The molecule has 0 fully saturated rings. The lowest BCUT2D eigenvalue weighted by Crippen LogP contribution is -2.53. The maximum absolute atomic E-state index is 12.0. The minimum atomic E-state index is -0.840. The number of amides is 3. The summed E-state index contributed by atoms with van der Waals surface area (Å²) in [7, 11) is 0. The van der Waals surface area contributed by atoms with Crippen LogP contribution in [0.25, 0.3) is 6.08 Å². The highest BCUT2D eigenvalue weighted by Gasteiger charge is 2.19. The quantitative estimate of drug-likeness (QED) is 0.578. The van der Waals surface area contributed by atoms with Crippen LogP contribution in [0.2, 0.25) is 0 Å². The van der Waals surface area contributed by atoms with E-state index in [0.717, 1.165) is 10.6 Å². The van der Waals surface area contributed by atoms with Crippen molar-refractivity contribution in [2.75, 3.05) is 6.54 Å². The van der Waals surface area contributed by atoms with Crippen molar-refractivity contribution in [1.82, 2.24) is 15.8 Å². The molecular formula is C16H18N3O4. The van der Waals surface area contributed by atoms with E-state index in [1.165, 1.54) is 19.9 Å². The molecule has 1 rings (SSSR count). The fourth-order valence-electron chi connectivity index (χ4n) is 1.66. The Bertz CT molecular complexity index is 599. The van der Waals surface area contributed by atoms with Crippen molar-refractivity contribution in [3.63, 3.8) is 0 Å². The zero-order valence-corrected chi connectivity index (χ0v) is 12.9. The second kappa shape index (κ2) is 9.14. The minimum Gasteiger partial charge on any atom is -0.345 e. The van der Waals surface area contributed by atoms with E-state index in [-0.39, 0.29) is 5.91 Å². The molecule has 0 bridgehead atoms. The van der Waals surface area contributed by atoms with Crippen LogP contribution in [0.3, 0.4) is 0 Å². The lowest BCUT2D eigenvalue weighted by atomic mass is 10.2. The summed E-state index contributed by atoms with van der Waals surface area (Å²) in [6.45, 7) is 2.31. The Morgan fingerprint density at radius 2 is 1.91 bits per heavy atom. The Balaban J connectivity index is 2.71. The standard InChI is InChI=1S/C16H18N3O4/c1-12(17-13(2)21)16(23)18-19(10-11-20)15(22)9-8-14-6-4-3-5-7-14/h3-9,12H,10H2,1-2H3,(H,17,21)(H,18,23)/b9-8+. The molecule has 0 aliphatic rings. The second-order valence-electron chi connectivity index (χ2n) is 4.71. The summed E-state index contributed by atoms with van der Waals surface area (Å²) in [5.74, 6) is -1.58. The highest BCUT2D eigenvalue weighted by Crippen LogP contribution is 2.01. The average Bonchev–Trinajstić information content (AvgIpc) is 2.52. The molecule has 7 heteroatoms. The summed E-state index contributed by atoms with van der Waals surface area (Å²) in [5, 5.41) is 3.21. The molecule has 2 N–H and O–H groups in total. The van der Waals surface area contributed by atoms with Gasteiger partial charge in [-0.25, -0.2) is 5.01 Å². The number of hydrogen-bond acceptors (Lipinski definition) is 4. The molecular weight excluding hydrogens is 298 g/mol. The van der Waals surface area contributed by atoms with Crippen molar-refractivity contribution in [1.29, 1.82) is 0 Å². The highest BCUT2D eigenvalue weighted by atomic mass is 16.2. The van der Waals surface area contributed by atoms with Crippen LogP contribution >= 0.6 is 0 Å². The summed E-state index contributed by atoms with van der Waals surface area (Å²) in [6, 6.07) is 8.24. The van der Waals surface area contributed by atoms with E-state index in [0.29, 0.717) is 0 Å². The van der Waals surface area contributed by atoms with Gasteiger partial charge in [-0.15, -0.1) is 0 Å². The van der Waals surface area contributed by atoms with Gasteiger partial charge < -0.3 is 5.32 Å². The SMILES string of the molecule is CC(=O)NC(C)C(=O)NN(C[C]=O)C(=O)/C=C/c1ccccc1. The Morgan fingerprint density at radius 1 is 1.26 bits per heavy atom. The van der Waals surface area contributed by atoms with Crippen molar-refractivity contribution < 1.29 is 19.2 Å². The summed E-state index contributed by atoms with van der Waals surface area (Å²) >= 11 is 0. The zero-order valence-electron chi connectivity index (χ0n) is 12.9. The predicted octanol–water partition coefficient (Wildman–Crippen LogP) is 0.194. The molecule has 1 atom stereocenters. The molecule has 1 radical (unpaired) electrons. The third-order valence-corrected chi connectivity index (χ3v) is 2.76. The minimum absolute atomic E-state index is 0.378. The van der Waals surface area contributed by atoms with E-state index < -0.39 is 24.4 Å². The number of benzene rings is 1. The van der Waals surface area contributed by atoms with E-state index in [4.69, 9.17) is 0 Å². The van der Waals surface area contributed by atoms with Gasteiger partial charge in [0.25, 0.3) is 11.8 Å². The molecule has 7 nitrogen and oxygen atoms in total. The summed E-state index contributed by atoms with van der Waals surface area (Å²) in [5.41, 5.74) is 3.08. The lowest BCUT2D eigenvalue weighted by molar-refractivity contribution is -0.138. The van der Waals surface area contributed by atoms with Crippen LogP contribution in [-0.2, 0) is 19.2 Å². The molecule has 3 amide bonds. The van der Waals surface area contributed by atoms with Gasteiger partial charge >= 0.3 is 0 Å². The maximum atomic E-state index is 12.0. The molecule has 1 aromatic carbocycles. The zero-order chi connectivity index (χ0) is 17.2. The van der Waals surface area contributed by atoms with Crippen LogP contribution in [-0.4, -0.2) is 41.6 Å². The molecule has 1 unspecified atom stereocenters. The van der Waals surface area contributed by atoms with Crippen LogP contribution in [0.4, 0.5) is 0 Å². The van der Waals surface area contributed by atoms with Gasteiger partial charge in [0.05, 0.1) is 0 Å². The van der Waals surface area contributed by atoms with E-state index >= 15 is 0 Å². The first kappa shape index (κ1) is 18.1. The van der Waals surface area contributed by atoms with Crippen LogP contribution in [0, 0.1) is 0 Å². The molecule has 0 aliphatic heterocycles. The molecule has 0 aliphatic carbocycles. The third kappa shape index (κ3) is 6.56. The van der Waals surface area contributed by atoms with E-state index in [2.05, 4.69) is 10.7 Å². The average molecular weight is 316 g/mol. The van der Waals surface area contributed by atoms with Gasteiger partial charge in [-0.1, -0.05) is 30.3 Å². The van der Waals surface area contributed by atoms with E-state index in [1.54, 1.807) is 24.5 Å². The summed E-state index contributed by atoms with van der Waals surface area (Å²) < 4.78 is 0. The van der Waals surface area contributed by atoms with E-state index in [9.17, 15) is 19.2 Å². The highest BCUT2D eigenvalue weighted by molar-refractivity contribution is 5.95. The lowest BCUT2D eigenvalue weighted by Gasteiger charge is -2.21. The number of carbonyl (C=O) groups is 3. The maximum Gasteiger partial charge on any atom is 0.265 e. The van der Waals surface area contributed by atoms with Gasteiger partial charge in [-0.05, 0) is 18.6 Å². The fraction of sp³-hybridized carbons (Fsp3) is 0.250. The first-order valence-corrected chi connectivity index (χ1v) is 6.91. The van der Waals surface area contributed by atoms with Crippen LogP contribution < -0.4 is 10.7 Å². The Kier molecular flexibility index (Phi) is 7.19. The van der Waals surface area contributed by atoms with Gasteiger partial charge in [-0.2, -0.15) is 0 Å². The Labute approximate surface area is 134 Å². The second-order valence-corrected chi connectivity index (χ2v) is 4.71. The Morgan fingerprint density at radius 3 is 2.48 bits per heavy atom. The third-order valence-electron chi connectivity index (χ3n) is 2.76. The van der Waals surface area contributed by atoms with Crippen molar-refractivity contribution in [2.45, 2.75) is 19.9 Å². The molecule has 121 valence electrons. The number of rotatable bonds is 6. The van der Waals surface area contributed by atoms with Gasteiger partial charge in [0.15, 0.2) is 0 Å². The van der Waals surface area contributed by atoms with Crippen molar-refractivity contribution in [3.05, 3.63) is 42.0 Å².